The van der Waals surface area contributed by atoms with Gasteiger partial charge < -0.3 is 18.8 Å². The number of aliphatic carboxylic acids is 1. The van der Waals surface area contributed by atoms with E-state index >= 15 is 0 Å². The zero-order valence-electron chi connectivity index (χ0n) is 17.8. The first kappa shape index (κ1) is 26.5. The summed E-state index contributed by atoms with van der Waals surface area (Å²) in [6.07, 6.45) is 5.92. The Morgan fingerprint density at radius 1 is 1.18 bits per heavy atom. The Bertz CT molecular complexity index is 1300. The molecule has 2 heterocycles. The third kappa shape index (κ3) is 7.19. The van der Waals surface area contributed by atoms with Gasteiger partial charge in [-0.15, -0.1) is 0 Å². The zero-order valence-corrected chi connectivity index (χ0v) is 20.9. The summed E-state index contributed by atoms with van der Waals surface area (Å²) in [4.78, 5) is 15.0. The fourth-order valence-corrected chi connectivity index (χ4v) is 4.54. The quantitative estimate of drug-likeness (QED) is 0.194. The van der Waals surface area contributed by atoms with Crippen molar-refractivity contribution in [1.82, 2.24) is 4.98 Å². The lowest BCUT2D eigenvalue weighted by Gasteiger charge is -2.11. The number of fused-ring (bicyclic) bond motifs is 1. The first-order chi connectivity index (χ1) is 16.0. The molecule has 0 aliphatic carbocycles. The summed E-state index contributed by atoms with van der Waals surface area (Å²) in [7, 11) is -4.34. The maximum atomic E-state index is 10.7. The molecule has 0 spiro atoms. The number of carboxylic acid groups (broad SMARTS) is 1. The van der Waals surface area contributed by atoms with E-state index in [1.807, 2.05) is 10.8 Å². The third-order valence-electron chi connectivity index (χ3n) is 4.82. The number of nitrogens with zero attached hydrogens (tertiary/aromatic N) is 2. The summed E-state index contributed by atoms with van der Waals surface area (Å²) in [6, 6.07) is 3.25. The number of hydrogen-bond donors (Lipinski definition) is 1. The van der Waals surface area contributed by atoms with Crippen LogP contribution in [-0.4, -0.2) is 41.4 Å². The van der Waals surface area contributed by atoms with Crippen LogP contribution in [0.5, 0.6) is 5.75 Å². The Morgan fingerprint density at radius 3 is 2.62 bits per heavy atom. The number of carbonyl (C=O) groups is 1. The molecule has 0 saturated carbocycles. The van der Waals surface area contributed by atoms with Crippen molar-refractivity contribution in [3.63, 3.8) is 0 Å². The van der Waals surface area contributed by atoms with E-state index in [-0.39, 0.29) is 46.7 Å². The van der Waals surface area contributed by atoms with Crippen molar-refractivity contribution in [2.75, 3.05) is 12.4 Å². The topological polar surface area (TPSA) is 134 Å². The highest BCUT2D eigenvalue weighted by atomic mass is 35.5. The summed E-state index contributed by atoms with van der Waals surface area (Å²) in [5.41, 5.74) is 1.14. The van der Waals surface area contributed by atoms with Gasteiger partial charge in [-0.2, -0.15) is 0 Å². The van der Waals surface area contributed by atoms with Crippen LogP contribution in [0.3, 0.4) is 0 Å². The normalized spacial score (nSPS) is 11.8. The van der Waals surface area contributed by atoms with Gasteiger partial charge >= 0.3 is 5.97 Å². The van der Waals surface area contributed by atoms with Gasteiger partial charge in [-0.25, -0.2) is 18.0 Å². The molecule has 1 N–H and O–H groups in total. The summed E-state index contributed by atoms with van der Waals surface area (Å²) >= 11 is 19.1. The average Bonchev–Trinajstić information content (AvgIpc) is 3.15. The van der Waals surface area contributed by atoms with E-state index in [9.17, 15) is 17.8 Å². The van der Waals surface area contributed by atoms with Crippen molar-refractivity contribution < 1.29 is 36.6 Å². The Kier molecular flexibility index (Phi) is 9.00. The van der Waals surface area contributed by atoms with Crippen molar-refractivity contribution in [2.24, 2.45) is 0 Å². The minimum absolute atomic E-state index is 0.0165. The van der Waals surface area contributed by atoms with Gasteiger partial charge in [-0.05, 0) is 25.3 Å². The second-order valence-electron chi connectivity index (χ2n) is 7.48. The third-order valence-corrected chi connectivity index (χ3v) is 6.54. The van der Waals surface area contributed by atoms with Crippen molar-refractivity contribution in [3.05, 3.63) is 39.6 Å². The molecule has 3 aromatic rings. The van der Waals surface area contributed by atoms with E-state index in [0.717, 1.165) is 12.8 Å². The van der Waals surface area contributed by atoms with E-state index in [2.05, 4.69) is 4.98 Å². The molecule has 0 radical (unpaired) electrons. The predicted molar refractivity (Wildman–Crippen MR) is 125 cm³/mol. The van der Waals surface area contributed by atoms with Crippen LogP contribution in [0.4, 0.5) is 0 Å². The van der Waals surface area contributed by atoms with E-state index in [0.29, 0.717) is 29.1 Å². The predicted octanol–water partition coefficient (Wildman–Crippen LogP) is 4.70. The number of carboxylic acids is 1. The summed E-state index contributed by atoms with van der Waals surface area (Å²) < 4.78 is 45.4. The van der Waals surface area contributed by atoms with Gasteiger partial charge in [0, 0.05) is 24.7 Å². The number of halogens is 3. The molecular weight excluding hydrogens is 531 g/mol. The molecule has 0 aliphatic rings. The number of unbranched alkanes of at least 4 members (excludes halogenated alkanes) is 2. The lowest BCUT2D eigenvalue weighted by atomic mass is 10.2. The molecule has 0 unspecified atom stereocenters. The molecular formula is C21H21Cl3N2O7S. The number of ether oxygens (including phenoxy) is 1. The fourth-order valence-electron chi connectivity index (χ4n) is 3.21. The van der Waals surface area contributed by atoms with Gasteiger partial charge in [-0.3, -0.25) is 4.79 Å². The molecule has 3 rings (SSSR count). The van der Waals surface area contributed by atoms with Crippen LogP contribution in [-0.2, 0) is 21.5 Å². The van der Waals surface area contributed by atoms with Gasteiger partial charge in [0.05, 0.1) is 27.3 Å². The molecule has 0 aliphatic heterocycles. The molecule has 184 valence electrons. The van der Waals surface area contributed by atoms with Crippen molar-refractivity contribution in [1.29, 1.82) is 0 Å². The minimum Gasteiger partial charge on any atom is -0.748 e. The van der Waals surface area contributed by atoms with Crippen LogP contribution in [0.25, 0.3) is 22.6 Å². The van der Waals surface area contributed by atoms with E-state index in [1.165, 1.54) is 6.07 Å². The summed E-state index contributed by atoms with van der Waals surface area (Å²) in [6.45, 7) is 0.608. The Morgan fingerprint density at radius 2 is 1.94 bits per heavy atom. The molecule has 1 aromatic carbocycles. The van der Waals surface area contributed by atoms with E-state index in [1.54, 1.807) is 12.3 Å². The highest BCUT2D eigenvalue weighted by molar-refractivity contribution is 7.85. The highest BCUT2D eigenvalue weighted by Crippen LogP contribution is 2.41. The van der Waals surface area contributed by atoms with Gasteiger partial charge in [-0.1, -0.05) is 34.8 Å². The van der Waals surface area contributed by atoms with Crippen molar-refractivity contribution in [3.8, 4) is 17.2 Å². The van der Waals surface area contributed by atoms with Crippen LogP contribution < -0.4 is 9.30 Å². The second-order valence-corrected chi connectivity index (χ2v) is 10.2. The van der Waals surface area contributed by atoms with E-state index < -0.39 is 21.8 Å². The number of aryl methyl sites for hydroxylation is 1. The van der Waals surface area contributed by atoms with Crippen molar-refractivity contribution >= 4 is 62.0 Å². The summed E-state index contributed by atoms with van der Waals surface area (Å²) in [5, 5.41) is 9.31. The maximum absolute atomic E-state index is 10.7. The molecule has 0 bridgehead atoms. The Balaban J connectivity index is 1.73. The monoisotopic (exact) mass is 550 g/mol. The molecule has 34 heavy (non-hydrogen) atoms. The Labute approximate surface area is 211 Å². The molecule has 0 amide bonds. The number of aromatic nitrogens is 2. The lowest BCUT2D eigenvalue weighted by Crippen LogP contribution is -2.32. The van der Waals surface area contributed by atoms with Crippen LogP contribution in [0.2, 0.25) is 15.1 Å². The summed E-state index contributed by atoms with van der Waals surface area (Å²) in [5.74, 6) is -1.04. The lowest BCUT2D eigenvalue weighted by molar-refractivity contribution is -0.697. The minimum atomic E-state index is -4.34. The smallest absolute Gasteiger partial charge is 0.303 e. The van der Waals surface area contributed by atoms with Crippen molar-refractivity contribution in [2.45, 2.75) is 38.6 Å². The number of oxazole rings is 1. The van der Waals surface area contributed by atoms with E-state index in [4.69, 9.17) is 49.1 Å². The first-order valence-electron chi connectivity index (χ1n) is 10.3. The molecule has 0 fully saturated rings. The van der Waals surface area contributed by atoms with Crippen LogP contribution in [0, 0.1) is 0 Å². The maximum Gasteiger partial charge on any atom is 0.303 e. The van der Waals surface area contributed by atoms with Crippen LogP contribution in [0.1, 0.15) is 32.1 Å². The van der Waals surface area contributed by atoms with Gasteiger partial charge in [0.2, 0.25) is 5.89 Å². The molecule has 13 heteroatoms. The number of rotatable bonds is 12. The SMILES string of the molecule is O=C(O)CCCCC[n+]1ccc(-c2nc3cc(Cl)c(OCCCS(=O)(=O)[O-])c(Cl)c3o2)c(Cl)c1. The second kappa shape index (κ2) is 11.5. The fraction of sp³-hybridized carbons (Fsp3) is 0.381. The molecule has 2 aromatic heterocycles. The number of benzene rings is 1. The van der Waals surface area contributed by atoms with Gasteiger partial charge in [0.1, 0.15) is 22.1 Å². The number of pyridine rings is 1. The average molecular weight is 552 g/mol. The van der Waals surface area contributed by atoms with Gasteiger partial charge in [0.15, 0.2) is 23.7 Å². The standard InChI is InChI=1S/C21H21Cl3N2O7S/c22-14-11-16-20(18(24)19(14)32-9-4-10-34(29,30)31)33-21(25-16)13-6-8-26(12-15(13)23)7-3-1-2-5-17(27)28/h6,8,11-12H,1-5,7,9-10H2,(H-,27,28,29,30,31). The molecule has 9 nitrogen and oxygen atoms in total. The van der Waals surface area contributed by atoms with Crippen LogP contribution >= 0.6 is 34.8 Å². The first-order valence-corrected chi connectivity index (χ1v) is 13.0. The van der Waals surface area contributed by atoms with Crippen LogP contribution in [0.15, 0.2) is 28.9 Å². The molecule has 0 saturated heterocycles. The highest BCUT2D eigenvalue weighted by Gasteiger charge is 2.21. The number of hydrogen-bond acceptors (Lipinski definition) is 7. The Hall–Kier alpha value is -2.11. The largest absolute Gasteiger partial charge is 0.748 e. The zero-order chi connectivity index (χ0) is 24.9. The molecule has 0 atom stereocenters. The van der Waals surface area contributed by atoms with Gasteiger partial charge in [0.25, 0.3) is 0 Å².